The molecular formula is C10H9F2N3O2S. The van der Waals surface area contributed by atoms with Gasteiger partial charge >= 0.3 is 0 Å². The molecule has 0 aliphatic heterocycles. The molecule has 5 nitrogen and oxygen atoms in total. The molecule has 0 aliphatic rings. The number of hydrogen-bond donors (Lipinski definition) is 2. The van der Waals surface area contributed by atoms with Crippen molar-refractivity contribution in [3.05, 3.63) is 41.6 Å². The van der Waals surface area contributed by atoms with E-state index in [4.69, 9.17) is 0 Å². The van der Waals surface area contributed by atoms with Crippen LogP contribution in [0.2, 0.25) is 0 Å². The summed E-state index contributed by atoms with van der Waals surface area (Å²) in [6, 6.07) is 3.67. The summed E-state index contributed by atoms with van der Waals surface area (Å²) in [5.41, 5.74) is 0.646. The highest BCUT2D eigenvalue weighted by Gasteiger charge is 2.20. The van der Waals surface area contributed by atoms with E-state index in [0.29, 0.717) is 11.8 Å². The van der Waals surface area contributed by atoms with Crippen LogP contribution in [0.3, 0.4) is 0 Å². The minimum absolute atomic E-state index is 0.0382. The largest absolute Gasteiger partial charge is 0.281 e. The molecule has 18 heavy (non-hydrogen) atoms. The lowest BCUT2D eigenvalue weighted by atomic mass is 10.3. The van der Waals surface area contributed by atoms with Gasteiger partial charge in [-0.25, -0.2) is 17.2 Å². The van der Waals surface area contributed by atoms with E-state index in [9.17, 15) is 17.2 Å². The van der Waals surface area contributed by atoms with E-state index < -0.39 is 26.6 Å². The smallest absolute Gasteiger partial charge is 0.266 e. The summed E-state index contributed by atoms with van der Waals surface area (Å²) in [5, 5.41) is 6.20. The SMILES string of the molecule is Cc1cc(NS(=O)(=O)c2ccc(F)cc2F)n[nH]1. The standard InChI is InChI=1S/C10H9F2N3O2S/c1-6-4-10(14-13-6)15-18(16,17)9-3-2-7(11)5-8(9)12/h2-5H,1H3,(H2,13,14,15). The minimum atomic E-state index is -4.12. The summed E-state index contributed by atoms with van der Waals surface area (Å²) in [6.07, 6.45) is 0. The molecule has 0 radical (unpaired) electrons. The van der Waals surface area contributed by atoms with Crippen LogP contribution in [0.4, 0.5) is 14.6 Å². The van der Waals surface area contributed by atoms with Crippen molar-refractivity contribution in [3.8, 4) is 0 Å². The summed E-state index contributed by atoms with van der Waals surface area (Å²) >= 11 is 0. The molecule has 0 aliphatic carbocycles. The van der Waals surface area contributed by atoms with Crippen LogP contribution >= 0.6 is 0 Å². The number of anilines is 1. The van der Waals surface area contributed by atoms with E-state index in [1.807, 2.05) is 0 Å². The Kier molecular flexibility index (Phi) is 3.04. The lowest BCUT2D eigenvalue weighted by molar-refractivity contribution is 0.551. The van der Waals surface area contributed by atoms with Crippen LogP contribution in [0.15, 0.2) is 29.2 Å². The van der Waals surface area contributed by atoms with Crippen LogP contribution in [0.1, 0.15) is 5.69 Å². The van der Waals surface area contributed by atoms with Gasteiger partial charge in [0.2, 0.25) is 0 Å². The molecule has 0 bridgehead atoms. The number of H-pyrrole nitrogens is 1. The Morgan fingerprint density at radius 1 is 1.28 bits per heavy atom. The fourth-order valence-electron chi connectivity index (χ4n) is 1.36. The third kappa shape index (κ3) is 2.48. The first-order chi connectivity index (χ1) is 8.38. The van der Waals surface area contributed by atoms with Crippen molar-refractivity contribution in [1.29, 1.82) is 0 Å². The van der Waals surface area contributed by atoms with Gasteiger partial charge < -0.3 is 0 Å². The summed E-state index contributed by atoms with van der Waals surface area (Å²) in [5.74, 6) is -1.96. The molecule has 1 heterocycles. The first-order valence-corrected chi connectivity index (χ1v) is 6.37. The van der Waals surface area contributed by atoms with Crippen molar-refractivity contribution in [3.63, 3.8) is 0 Å². The molecule has 2 rings (SSSR count). The van der Waals surface area contributed by atoms with Crippen LogP contribution < -0.4 is 4.72 Å². The number of rotatable bonds is 3. The zero-order valence-electron chi connectivity index (χ0n) is 9.24. The topological polar surface area (TPSA) is 74.8 Å². The highest BCUT2D eigenvalue weighted by atomic mass is 32.2. The third-order valence-electron chi connectivity index (χ3n) is 2.13. The van der Waals surface area contributed by atoms with Gasteiger partial charge in [0.15, 0.2) is 5.82 Å². The Morgan fingerprint density at radius 2 is 2.00 bits per heavy atom. The molecule has 0 amide bonds. The normalized spacial score (nSPS) is 11.5. The molecule has 0 spiro atoms. The Bertz CT molecular complexity index is 682. The van der Waals surface area contributed by atoms with Gasteiger partial charge in [-0.1, -0.05) is 0 Å². The van der Waals surface area contributed by atoms with E-state index >= 15 is 0 Å². The second-order valence-corrected chi connectivity index (χ2v) is 5.27. The Hall–Kier alpha value is -1.96. The zero-order valence-corrected chi connectivity index (χ0v) is 10.1. The van der Waals surface area contributed by atoms with Gasteiger partial charge in [0, 0.05) is 17.8 Å². The number of sulfonamides is 1. The molecule has 2 aromatic rings. The van der Waals surface area contributed by atoms with Gasteiger partial charge in [0.1, 0.15) is 16.5 Å². The predicted molar refractivity (Wildman–Crippen MR) is 60.5 cm³/mol. The molecule has 1 aromatic carbocycles. The highest BCUT2D eigenvalue weighted by Crippen LogP contribution is 2.18. The molecular weight excluding hydrogens is 264 g/mol. The van der Waals surface area contributed by atoms with Crippen LogP contribution in [0, 0.1) is 18.6 Å². The van der Waals surface area contributed by atoms with Crippen molar-refractivity contribution in [2.24, 2.45) is 0 Å². The van der Waals surface area contributed by atoms with Gasteiger partial charge in [-0.2, -0.15) is 5.10 Å². The first kappa shape index (κ1) is 12.5. The average Bonchev–Trinajstić information content (AvgIpc) is 2.62. The number of aryl methyl sites for hydroxylation is 1. The van der Waals surface area contributed by atoms with E-state index in [1.54, 1.807) is 6.92 Å². The van der Waals surface area contributed by atoms with Gasteiger partial charge in [0.25, 0.3) is 10.0 Å². The maximum atomic E-state index is 13.4. The average molecular weight is 273 g/mol. The maximum Gasteiger partial charge on any atom is 0.266 e. The number of halogens is 2. The fourth-order valence-corrected chi connectivity index (χ4v) is 2.41. The fraction of sp³-hybridized carbons (Fsp3) is 0.100. The van der Waals surface area contributed by atoms with Gasteiger partial charge in [0.05, 0.1) is 0 Å². The van der Waals surface area contributed by atoms with Gasteiger partial charge in [-0.15, -0.1) is 0 Å². The number of benzene rings is 1. The maximum absolute atomic E-state index is 13.4. The van der Waals surface area contributed by atoms with E-state index in [1.165, 1.54) is 6.07 Å². The van der Waals surface area contributed by atoms with Crippen molar-refractivity contribution in [2.45, 2.75) is 11.8 Å². The molecule has 0 unspecified atom stereocenters. The van der Waals surface area contributed by atoms with Crippen molar-refractivity contribution in [1.82, 2.24) is 10.2 Å². The van der Waals surface area contributed by atoms with Crippen LogP contribution in [-0.2, 0) is 10.0 Å². The second-order valence-electron chi connectivity index (χ2n) is 3.62. The summed E-state index contributed by atoms with van der Waals surface area (Å²) in [6.45, 7) is 1.68. The Morgan fingerprint density at radius 3 is 2.56 bits per heavy atom. The number of nitrogens with zero attached hydrogens (tertiary/aromatic N) is 1. The molecule has 2 N–H and O–H groups in total. The lowest BCUT2D eigenvalue weighted by Crippen LogP contribution is -2.15. The quantitative estimate of drug-likeness (QED) is 0.895. The van der Waals surface area contributed by atoms with Crippen LogP contribution in [0.25, 0.3) is 0 Å². The third-order valence-corrected chi connectivity index (χ3v) is 3.52. The van der Waals surface area contributed by atoms with Crippen molar-refractivity contribution >= 4 is 15.8 Å². The van der Waals surface area contributed by atoms with Crippen molar-refractivity contribution < 1.29 is 17.2 Å². The molecule has 0 saturated heterocycles. The summed E-state index contributed by atoms with van der Waals surface area (Å²) in [4.78, 5) is -0.635. The Balaban J connectivity index is 2.36. The molecule has 0 fully saturated rings. The summed E-state index contributed by atoms with van der Waals surface area (Å²) in [7, 11) is -4.12. The van der Waals surface area contributed by atoms with E-state index in [0.717, 1.165) is 12.1 Å². The highest BCUT2D eigenvalue weighted by molar-refractivity contribution is 7.92. The van der Waals surface area contributed by atoms with Gasteiger partial charge in [-0.05, 0) is 19.1 Å². The minimum Gasteiger partial charge on any atom is -0.281 e. The van der Waals surface area contributed by atoms with Gasteiger partial charge in [-0.3, -0.25) is 9.82 Å². The monoisotopic (exact) mass is 273 g/mol. The Labute approximate surface area is 102 Å². The van der Waals surface area contributed by atoms with Crippen LogP contribution in [-0.4, -0.2) is 18.6 Å². The zero-order chi connectivity index (χ0) is 13.3. The van der Waals surface area contributed by atoms with Crippen molar-refractivity contribution in [2.75, 3.05) is 4.72 Å². The number of aromatic amines is 1. The number of aromatic nitrogens is 2. The number of nitrogens with one attached hydrogen (secondary N) is 2. The van der Waals surface area contributed by atoms with E-state index in [2.05, 4.69) is 14.9 Å². The predicted octanol–water partition coefficient (Wildman–Crippen LogP) is 1.80. The second kappa shape index (κ2) is 4.37. The molecule has 1 aromatic heterocycles. The number of hydrogen-bond acceptors (Lipinski definition) is 3. The first-order valence-electron chi connectivity index (χ1n) is 4.88. The molecule has 0 saturated carbocycles. The van der Waals surface area contributed by atoms with Crippen LogP contribution in [0.5, 0.6) is 0 Å². The molecule has 96 valence electrons. The summed E-state index contributed by atoms with van der Waals surface area (Å²) < 4.78 is 51.8. The lowest BCUT2D eigenvalue weighted by Gasteiger charge is -2.06. The molecule has 8 heteroatoms. The molecule has 0 atom stereocenters. The van der Waals surface area contributed by atoms with E-state index in [-0.39, 0.29) is 5.82 Å².